The van der Waals surface area contributed by atoms with Crippen LogP contribution >= 0.6 is 0 Å². The number of rotatable bonds is 6. The van der Waals surface area contributed by atoms with Gasteiger partial charge in [0, 0.05) is 35.3 Å². The zero-order valence-corrected chi connectivity index (χ0v) is 16.3. The van der Waals surface area contributed by atoms with Gasteiger partial charge in [0.25, 0.3) is 5.91 Å². The number of alkyl halides is 3. The molecule has 3 N–H and O–H groups in total. The summed E-state index contributed by atoms with van der Waals surface area (Å²) in [6.45, 7) is -0.456. The number of amides is 2. The number of aromatic nitrogens is 3. The van der Waals surface area contributed by atoms with Crippen molar-refractivity contribution in [1.82, 2.24) is 20.1 Å². The normalized spacial score (nSPS) is 13.1. The molecule has 12 heteroatoms. The minimum Gasteiger partial charge on any atom is -0.492 e. The van der Waals surface area contributed by atoms with Gasteiger partial charge in [-0.25, -0.2) is 4.98 Å². The molecular weight excluding hydrogens is 417 g/mol. The van der Waals surface area contributed by atoms with Crippen LogP contribution in [0.5, 0.6) is 5.75 Å². The van der Waals surface area contributed by atoms with E-state index in [1.165, 1.54) is 7.11 Å². The van der Waals surface area contributed by atoms with Gasteiger partial charge in [0.15, 0.2) is 5.75 Å². The van der Waals surface area contributed by atoms with Crippen LogP contribution in [0, 0.1) is 0 Å². The van der Waals surface area contributed by atoms with Crippen molar-refractivity contribution in [3.8, 4) is 5.75 Å². The quantitative estimate of drug-likeness (QED) is 0.545. The summed E-state index contributed by atoms with van der Waals surface area (Å²) < 4.78 is 66.8. The maximum Gasteiger partial charge on any atom is 0.471 e. The van der Waals surface area contributed by atoms with E-state index < -0.39 is 30.8 Å². The number of benzene rings is 1. The number of pyridine rings is 1. The highest BCUT2D eigenvalue weighted by molar-refractivity contribution is 6.02. The van der Waals surface area contributed by atoms with Gasteiger partial charge in [-0.1, -0.05) is 0 Å². The van der Waals surface area contributed by atoms with Gasteiger partial charge < -0.3 is 20.7 Å². The van der Waals surface area contributed by atoms with E-state index in [9.17, 15) is 22.8 Å². The first-order chi connectivity index (χ1) is 15.8. The molecule has 9 nitrogen and oxygen atoms in total. The summed E-state index contributed by atoms with van der Waals surface area (Å²) in [5.41, 5.74) is 0.484. The molecule has 3 rings (SSSR count). The van der Waals surface area contributed by atoms with E-state index in [-0.39, 0.29) is 11.3 Å². The number of ether oxygens (including phenoxy) is 1. The third kappa shape index (κ3) is 4.37. The lowest BCUT2D eigenvalue weighted by atomic mass is 10.1. The molecule has 0 aliphatic heterocycles. The Bertz CT molecular complexity index is 1240. The standard InChI is InChI=1S/C19H19F3N6O3/c1-4-28-15-10(8-25-28)5-6-12(16(15)31-3)26-13-7-14(27-18(30)19(20,21)22)24-9-11(13)17(29)23-2/h5-9H,4H2,1-3H3,(H,23,29)(H2,24,26,27,30)/i2D3. The van der Waals surface area contributed by atoms with E-state index >= 15 is 0 Å². The van der Waals surface area contributed by atoms with Crippen LogP contribution in [0.25, 0.3) is 10.9 Å². The van der Waals surface area contributed by atoms with Crippen molar-refractivity contribution in [3.05, 3.63) is 36.2 Å². The number of fused-ring (bicyclic) bond motifs is 1. The molecule has 0 unspecified atom stereocenters. The topological polar surface area (TPSA) is 110 Å². The lowest BCUT2D eigenvalue weighted by Gasteiger charge is -2.16. The maximum absolute atomic E-state index is 12.7. The minimum atomic E-state index is -5.17. The van der Waals surface area contributed by atoms with Crippen LogP contribution in [0.2, 0.25) is 0 Å². The first-order valence-electron chi connectivity index (χ1n) is 10.3. The Hall–Kier alpha value is -3.83. The summed E-state index contributed by atoms with van der Waals surface area (Å²) >= 11 is 0. The number of carbonyl (C=O) groups excluding carboxylic acids is 2. The van der Waals surface area contributed by atoms with Crippen molar-refractivity contribution in [3.63, 3.8) is 0 Å². The Labute approximate surface area is 178 Å². The summed E-state index contributed by atoms with van der Waals surface area (Å²) in [5.74, 6) is -3.54. The summed E-state index contributed by atoms with van der Waals surface area (Å²) in [6.07, 6.45) is -2.70. The fraction of sp³-hybridized carbons (Fsp3) is 0.263. The van der Waals surface area contributed by atoms with E-state index in [4.69, 9.17) is 8.85 Å². The molecule has 2 amide bonds. The smallest absolute Gasteiger partial charge is 0.471 e. The van der Waals surface area contributed by atoms with Gasteiger partial charge in [0.05, 0.1) is 30.2 Å². The number of carbonyl (C=O) groups is 2. The summed E-state index contributed by atoms with van der Waals surface area (Å²) in [5, 5.41) is 11.2. The van der Waals surface area contributed by atoms with Gasteiger partial charge in [-0.2, -0.15) is 18.3 Å². The zero-order chi connectivity index (χ0) is 25.3. The molecule has 0 bridgehead atoms. The van der Waals surface area contributed by atoms with Crippen LogP contribution in [0.4, 0.5) is 30.4 Å². The fourth-order valence-electron chi connectivity index (χ4n) is 2.90. The van der Waals surface area contributed by atoms with Gasteiger partial charge in [-0.15, -0.1) is 0 Å². The number of nitrogens with zero attached hydrogens (tertiary/aromatic N) is 3. The van der Waals surface area contributed by atoms with Crippen molar-refractivity contribution in [2.75, 3.05) is 24.7 Å². The lowest BCUT2D eigenvalue weighted by Crippen LogP contribution is -2.30. The van der Waals surface area contributed by atoms with Gasteiger partial charge in [-0.05, 0) is 19.1 Å². The van der Waals surface area contributed by atoms with E-state index in [2.05, 4.69) is 15.4 Å². The second-order valence-electron chi connectivity index (χ2n) is 6.19. The number of anilines is 3. The van der Waals surface area contributed by atoms with Crippen molar-refractivity contribution >= 4 is 39.9 Å². The molecule has 0 fully saturated rings. The van der Waals surface area contributed by atoms with Crippen molar-refractivity contribution in [2.24, 2.45) is 0 Å². The molecule has 164 valence electrons. The predicted octanol–water partition coefficient (Wildman–Crippen LogP) is 3.06. The first kappa shape index (κ1) is 18.0. The highest BCUT2D eigenvalue weighted by Gasteiger charge is 2.39. The summed E-state index contributed by atoms with van der Waals surface area (Å²) in [6, 6.07) is 4.26. The highest BCUT2D eigenvalue weighted by Crippen LogP contribution is 2.36. The Morgan fingerprint density at radius 1 is 1.26 bits per heavy atom. The van der Waals surface area contributed by atoms with E-state index in [1.54, 1.807) is 33.6 Å². The highest BCUT2D eigenvalue weighted by atomic mass is 19.4. The predicted molar refractivity (Wildman–Crippen MR) is 108 cm³/mol. The molecule has 3 aromatic rings. The van der Waals surface area contributed by atoms with Crippen LogP contribution in [-0.2, 0) is 11.3 Å². The van der Waals surface area contributed by atoms with Crippen LogP contribution in [0.15, 0.2) is 30.6 Å². The third-order valence-electron chi connectivity index (χ3n) is 4.29. The van der Waals surface area contributed by atoms with Gasteiger partial charge in [0.1, 0.15) is 11.3 Å². The number of aryl methyl sites for hydroxylation is 1. The van der Waals surface area contributed by atoms with E-state index in [0.29, 0.717) is 23.5 Å². The second-order valence-corrected chi connectivity index (χ2v) is 6.19. The maximum atomic E-state index is 12.7. The van der Waals surface area contributed by atoms with E-state index in [1.807, 2.05) is 6.92 Å². The van der Waals surface area contributed by atoms with E-state index in [0.717, 1.165) is 17.6 Å². The molecule has 0 saturated heterocycles. The molecule has 0 aliphatic carbocycles. The van der Waals surface area contributed by atoms with Crippen LogP contribution in [0.1, 0.15) is 21.4 Å². The van der Waals surface area contributed by atoms with Gasteiger partial charge in [-0.3, -0.25) is 14.3 Å². The van der Waals surface area contributed by atoms with Crippen LogP contribution in [-0.4, -0.2) is 46.8 Å². The molecular formula is C19H19F3N6O3. The first-order valence-corrected chi connectivity index (χ1v) is 8.84. The lowest BCUT2D eigenvalue weighted by molar-refractivity contribution is -0.167. The Morgan fingerprint density at radius 2 is 2.03 bits per heavy atom. The second kappa shape index (κ2) is 8.50. The molecule has 2 aromatic heterocycles. The molecule has 0 saturated carbocycles. The van der Waals surface area contributed by atoms with Crippen molar-refractivity contribution in [1.29, 1.82) is 0 Å². The third-order valence-corrected chi connectivity index (χ3v) is 4.29. The van der Waals surface area contributed by atoms with Crippen molar-refractivity contribution in [2.45, 2.75) is 19.6 Å². The Balaban J connectivity index is 2.09. The molecule has 31 heavy (non-hydrogen) atoms. The Morgan fingerprint density at radius 3 is 2.68 bits per heavy atom. The average Bonchev–Trinajstić information content (AvgIpc) is 3.15. The van der Waals surface area contributed by atoms with Crippen LogP contribution in [0.3, 0.4) is 0 Å². The average molecular weight is 439 g/mol. The number of hydrogen-bond donors (Lipinski definition) is 3. The number of nitrogens with one attached hydrogen (secondary N) is 3. The molecule has 0 spiro atoms. The molecule has 1 aromatic carbocycles. The molecule has 2 heterocycles. The largest absolute Gasteiger partial charge is 0.492 e. The fourth-order valence-corrected chi connectivity index (χ4v) is 2.90. The number of halogens is 3. The number of methoxy groups -OCH3 is 1. The van der Waals surface area contributed by atoms with Crippen LogP contribution < -0.4 is 20.7 Å². The van der Waals surface area contributed by atoms with Gasteiger partial charge in [0.2, 0.25) is 0 Å². The Kier molecular flexibility index (Phi) is 4.93. The minimum absolute atomic E-state index is 0.130. The summed E-state index contributed by atoms with van der Waals surface area (Å²) in [7, 11) is 1.40. The van der Waals surface area contributed by atoms with Crippen molar-refractivity contribution < 1.29 is 31.6 Å². The monoisotopic (exact) mass is 439 g/mol. The van der Waals surface area contributed by atoms with Gasteiger partial charge >= 0.3 is 12.1 Å². The number of hydrogen-bond acceptors (Lipinski definition) is 6. The molecule has 0 atom stereocenters. The SMILES string of the molecule is [2H]C([2H])([2H])NC(=O)c1cnc(NC(=O)C(F)(F)F)cc1Nc1ccc2cnn(CC)c2c1OC. The summed E-state index contributed by atoms with van der Waals surface area (Å²) in [4.78, 5) is 27.5. The molecule has 0 aliphatic rings. The molecule has 0 radical (unpaired) electrons. The zero-order valence-electron chi connectivity index (χ0n) is 19.3.